The van der Waals surface area contributed by atoms with Crippen LogP contribution in [0.2, 0.25) is 0 Å². The number of carbonyl (C=O) groups excluding carboxylic acids is 1. The number of hydrogen-bond donors (Lipinski definition) is 1. The van der Waals surface area contributed by atoms with Gasteiger partial charge in [-0.1, -0.05) is 6.92 Å². The molecule has 0 aliphatic carbocycles. The summed E-state index contributed by atoms with van der Waals surface area (Å²) < 4.78 is 5.99. The topological polar surface area (TPSA) is 53.9 Å². The first-order chi connectivity index (χ1) is 10.0. The molecule has 2 unspecified atom stereocenters. The fraction of sp³-hybridized carbons (Fsp3) is 0.571. The van der Waals surface area contributed by atoms with Gasteiger partial charge in [0.1, 0.15) is 0 Å². The van der Waals surface area contributed by atoms with Crippen molar-refractivity contribution in [3.8, 4) is 0 Å². The Morgan fingerprint density at radius 3 is 2.90 bits per heavy atom. The Morgan fingerprint density at radius 2 is 2.33 bits per heavy atom. The van der Waals surface area contributed by atoms with Gasteiger partial charge in [-0.3, -0.25) is 9.79 Å². The summed E-state index contributed by atoms with van der Waals surface area (Å²) in [7, 11) is 3.21. The minimum Gasteiger partial charge on any atom is -0.469 e. The lowest BCUT2D eigenvalue weighted by Gasteiger charge is -2.21. The standard InChI is InChI=1S/C14H20BrN3O2S/c1-9-7-18(8-11(9)13(19)20-3)14(16-2)17-6-10-4-5-12(15)21-10/h4-5,9,11H,6-8H2,1-3H3,(H,16,17). The van der Waals surface area contributed by atoms with Crippen LogP contribution in [-0.2, 0) is 16.1 Å². The molecule has 0 radical (unpaired) electrons. The van der Waals surface area contributed by atoms with Crippen molar-refractivity contribution in [3.05, 3.63) is 20.8 Å². The van der Waals surface area contributed by atoms with Gasteiger partial charge in [-0.05, 0) is 34.0 Å². The predicted molar refractivity (Wildman–Crippen MR) is 88.5 cm³/mol. The first-order valence-electron chi connectivity index (χ1n) is 6.82. The average molecular weight is 374 g/mol. The molecule has 21 heavy (non-hydrogen) atoms. The fourth-order valence-corrected chi connectivity index (χ4v) is 3.97. The summed E-state index contributed by atoms with van der Waals surface area (Å²) in [5.41, 5.74) is 0. The molecule has 1 aliphatic rings. The normalized spacial score (nSPS) is 22.5. The first-order valence-corrected chi connectivity index (χ1v) is 8.43. The van der Waals surface area contributed by atoms with Gasteiger partial charge in [-0.2, -0.15) is 0 Å². The number of nitrogens with zero attached hydrogens (tertiary/aromatic N) is 2. The van der Waals surface area contributed by atoms with Crippen molar-refractivity contribution in [3.63, 3.8) is 0 Å². The Bertz CT molecular complexity index is 532. The van der Waals surface area contributed by atoms with Crippen molar-refractivity contribution in [1.29, 1.82) is 0 Å². The molecule has 2 rings (SSSR count). The summed E-state index contributed by atoms with van der Waals surface area (Å²) >= 11 is 5.16. The second-order valence-corrected chi connectivity index (χ2v) is 7.67. The van der Waals surface area contributed by atoms with E-state index < -0.39 is 0 Å². The number of nitrogens with one attached hydrogen (secondary N) is 1. The van der Waals surface area contributed by atoms with Crippen molar-refractivity contribution >= 4 is 39.2 Å². The molecule has 1 aromatic rings. The fourth-order valence-electron chi connectivity index (χ4n) is 2.54. The average Bonchev–Trinajstić information content (AvgIpc) is 3.05. The minimum absolute atomic E-state index is 0.0792. The molecule has 1 saturated heterocycles. The van der Waals surface area contributed by atoms with E-state index in [0.717, 1.165) is 22.8 Å². The van der Waals surface area contributed by atoms with E-state index in [1.54, 1.807) is 18.4 Å². The number of thiophene rings is 1. The lowest BCUT2D eigenvalue weighted by molar-refractivity contribution is -0.145. The summed E-state index contributed by atoms with van der Waals surface area (Å²) in [5.74, 6) is 0.886. The number of ether oxygens (including phenoxy) is 1. The summed E-state index contributed by atoms with van der Waals surface area (Å²) in [6.07, 6.45) is 0. The van der Waals surface area contributed by atoms with Gasteiger partial charge in [0.25, 0.3) is 0 Å². The van der Waals surface area contributed by atoms with Crippen LogP contribution in [-0.4, -0.2) is 44.1 Å². The zero-order chi connectivity index (χ0) is 15.4. The third-order valence-corrected chi connectivity index (χ3v) is 5.30. The molecule has 1 aromatic heterocycles. The number of rotatable bonds is 3. The molecule has 0 spiro atoms. The Kier molecular flexibility index (Phi) is 5.64. The van der Waals surface area contributed by atoms with Crippen molar-refractivity contribution in [2.24, 2.45) is 16.8 Å². The van der Waals surface area contributed by atoms with Gasteiger partial charge >= 0.3 is 5.97 Å². The lowest BCUT2D eigenvalue weighted by atomic mass is 9.99. The molecular formula is C14H20BrN3O2S. The Labute approximate surface area is 137 Å². The summed E-state index contributed by atoms with van der Waals surface area (Å²) in [6, 6.07) is 4.12. The third kappa shape index (κ3) is 3.97. The number of hydrogen-bond acceptors (Lipinski definition) is 4. The second-order valence-electron chi connectivity index (χ2n) is 5.12. The molecule has 7 heteroatoms. The molecule has 0 amide bonds. The number of carbonyl (C=O) groups is 1. The maximum Gasteiger partial charge on any atom is 0.310 e. The van der Waals surface area contributed by atoms with Crippen LogP contribution in [0.15, 0.2) is 20.9 Å². The molecule has 0 bridgehead atoms. The summed E-state index contributed by atoms with van der Waals surface area (Å²) in [6.45, 7) is 4.27. The first kappa shape index (κ1) is 16.3. The number of aliphatic imine (C=N–C) groups is 1. The van der Waals surface area contributed by atoms with Gasteiger partial charge in [0, 0.05) is 25.0 Å². The van der Waals surface area contributed by atoms with Crippen molar-refractivity contribution in [2.75, 3.05) is 27.2 Å². The third-order valence-electron chi connectivity index (χ3n) is 3.68. The number of esters is 1. The number of likely N-dealkylation sites (tertiary alicyclic amines) is 1. The van der Waals surface area contributed by atoms with Crippen LogP contribution in [0.25, 0.3) is 0 Å². The SMILES string of the molecule is CN=C(NCc1ccc(Br)s1)N1CC(C)C(C(=O)OC)C1. The highest BCUT2D eigenvalue weighted by molar-refractivity contribution is 9.11. The van der Waals surface area contributed by atoms with Crippen LogP contribution in [0, 0.1) is 11.8 Å². The molecule has 2 heterocycles. The molecule has 2 atom stereocenters. The van der Waals surface area contributed by atoms with Crippen LogP contribution in [0.5, 0.6) is 0 Å². The van der Waals surface area contributed by atoms with Gasteiger partial charge in [-0.25, -0.2) is 0 Å². The maximum absolute atomic E-state index is 11.8. The molecule has 1 N–H and O–H groups in total. The van der Waals surface area contributed by atoms with Crippen LogP contribution in [0.3, 0.4) is 0 Å². The zero-order valence-corrected chi connectivity index (χ0v) is 14.8. The van der Waals surface area contributed by atoms with Crippen molar-refractivity contribution < 1.29 is 9.53 Å². The van der Waals surface area contributed by atoms with Gasteiger partial charge < -0.3 is 15.0 Å². The van der Waals surface area contributed by atoms with Gasteiger partial charge in [-0.15, -0.1) is 11.3 Å². The van der Waals surface area contributed by atoms with E-state index in [0.29, 0.717) is 6.54 Å². The van der Waals surface area contributed by atoms with Crippen LogP contribution in [0.4, 0.5) is 0 Å². The highest BCUT2D eigenvalue weighted by Gasteiger charge is 2.36. The molecule has 1 aliphatic heterocycles. The highest BCUT2D eigenvalue weighted by Crippen LogP contribution is 2.25. The number of methoxy groups -OCH3 is 1. The van der Waals surface area contributed by atoms with Crippen LogP contribution < -0.4 is 5.32 Å². The molecule has 0 saturated carbocycles. The Balaban J connectivity index is 1.94. The number of halogens is 1. The highest BCUT2D eigenvalue weighted by atomic mass is 79.9. The van der Waals surface area contributed by atoms with Crippen LogP contribution >= 0.6 is 27.3 Å². The molecular weight excluding hydrogens is 354 g/mol. The quantitative estimate of drug-likeness (QED) is 0.501. The van der Waals surface area contributed by atoms with E-state index >= 15 is 0 Å². The van der Waals surface area contributed by atoms with Gasteiger partial charge in [0.05, 0.1) is 23.4 Å². The van der Waals surface area contributed by atoms with E-state index in [1.165, 1.54) is 12.0 Å². The van der Waals surface area contributed by atoms with E-state index in [1.807, 2.05) is 6.07 Å². The van der Waals surface area contributed by atoms with E-state index in [9.17, 15) is 4.79 Å². The van der Waals surface area contributed by atoms with Crippen LogP contribution in [0.1, 0.15) is 11.8 Å². The smallest absolute Gasteiger partial charge is 0.310 e. The molecule has 116 valence electrons. The molecule has 1 fully saturated rings. The number of guanidine groups is 1. The zero-order valence-electron chi connectivity index (χ0n) is 12.4. The molecule has 5 nitrogen and oxygen atoms in total. The Morgan fingerprint density at radius 1 is 1.57 bits per heavy atom. The van der Waals surface area contributed by atoms with Gasteiger partial charge in [0.15, 0.2) is 5.96 Å². The maximum atomic E-state index is 11.8. The van der Waals surface area contributed by atoms with E-state index in [-0.39, 0.29) is 17.8 Å². The minimum atomic E-state index is -0.136. The summed E-state index contributed by atoms with van der Waals surface area (Å²) in [5, 5.41) is 3.35. The largest absolute Gasteiger partial charge is 0.469 e. The lowest BCUT2D eigenvalue weighted by Crippen LogP contribution is -2.40. The van der Waals surface area contributed by atoms with Crippen molar-refractivity contribution in [2.45, 2.75) is 13.5 Å². The van der Waals surface area contributed by atoms with Gasteiger partial charge in [0.2, 0.25) is 0 Å². The van der Waals surface area contributed by atoms with Crippen molar-refractivity contribution in [1.82, 2.24) is 10.2 Å². The van der Waals surface area contributed by atoms with E-state index in [4.69, 9.17) is 4.74 Å². The molecule has 0 aromatic carbocycles. The Hall–Kier alpha value is -1.08. The second kappa shape index (κ2) is 7.26. The summed E-state index contributed by atoms with van der Waals surface area (Å²) in [4.78, 5) is 19.4. The predicted octanol–water partition coefficient (Wildman–Crippen LogP) is 2.33. The monoisotopic (exact) mass is 373 g/mol. The van der Waals surface area contributed by atoms with E-state index in [2.05, 4.69) is 44.1 Å².